The first-order chi connectivity index (χ1) is 6.81. The van der Waals surface area contributed by atoms with Crippen molar-refractivity contribution >= 4 is 0 Å². The van der Waals surface area contributed by atoms with E-state index >= 15 is 0 Å². The number of hydrogen-bond donors (Lipinski definition) is 2. The van der Waals surface area contributed by atoms with Crippen molar-refractivity contribution in [3.63, 3.8) is 0 Å². The predicted octanol–water partition coefficient (Wildman–Crippen LogP) is 0.0815. The summed E-state index contributed by atoms with van der Waals surface area (Å²) in [6.07, 6.45) is 6.03. The lowest BCUT2D eigenvalue weighted by Gasteiger charge is -2.15. The Morgan fingerprint density at radius 1 is 1.50 bits per heavy atom. The molecule has 4 heteroatoms. The van der Waals surface area contributed by atoms with Gasteiger partial charge in [-0.15, -0.1) is 0 Å². The Labute approximate surface area is 83.8 Å². The van der Waals surface area contributed by atoms with Crippen LogP contribution in [0.15, 0.2) is 6.33 Å². The van der Waals surface area contributed by atoms with Gasteiger partial charge in [-0.1, -0.05) is 0 Å². The van der Waals surface area contributed by atoms with Crippen LogP contribution in [0.25, 0.3) is 0 Å². The minimum Gasteiger partial charge on any atom is -0.390 e. The van der Waals surface area contributed by atoms with Gasteiger partial charge in [0.15, 0.2) is 0 Å². The van der Waals surface area contributed by atoms with Crippen molar-refractivity contribution in [1.82, 2.24) is 9.55 Å². The smallest absolute Gasteiger partial charge is 0.0952 e. The number of aryl methyl sites for hydroxylation is 1. The molecule has 4 nitrogen and oxygen atoms in total. The molecule has 0 aliphatic heterocycles. The molecule has 1 atom stereocenters. The van der Waals surface area contributed by atoms with E-state index in [0.717, 1.165) is 12.8 Å². The van der Waals surface area contributed by atoms with E-state index in [0.29, 0.717) is 13.1 Å². The van der Waals surface area contributed by atoms with Gasteiger partial charge in [0.25, 0.3) is 0 Å². The zero-order valence-corrected chi connectivity index (χ0v) is 8.32. The average Bonchev–Trinajstić information content (AvgIpc) is 2.62. The van der Waals surface area contributed by atoms with Gasteiger partial charge in [0.2, 0.25) is 0 Å². The molecule has 0 saturated heterocycles. The topological polar surface area (TPSA) is 64.1 Å². The summed E-state index contributed by atoms with van der Waals surface area (Å²) in [6.45, 7) is 0.895. The van der Waals surface area contributed by atoms with Crippen molar-refractivity contribution in [3.05, 3.63) is 17.7 Å². The standard InChI is InChI=1S/C10H17N3O/c11-5-8(14)6-13-7-12-9-3-1-2-4-10(9)13/h7-8,14H,1-6,11H2. The van der Waals surface area contributed by atoms with Crippen molar-refractivity contribution in [2.45, 2.75) is 38.3 Å². The van der Waals surface area contributed by atoms with Crippen molar-refractivity contribution in [3.8, 4) is 0 Å². The van der Waals surface area contributed by atoms with E-state index in [1.54, 1.807) is 0 Å². The second kappa shape index (κ2) is 4.11. The highest BCUT2D eigenvalue weighted by atomic mass is 16.3. The molecule has 1 heterocycles. The second-order valence-electron chi connectivity index (χ2n) is 3.89. The summed E-state index contributed by atoms with van der Waals surface area (Å²) in [5.74, 6) is 0. The van der Waals surface area contributed by atoms with E-state index in [-0.39, 0.29) is 0 Å². The molecule has 0 radical (unpaired) electrons. The lowest BCUT2D eigenvalue weighted by molar-refractivity contribution is 0.161. The van der Waals surface area contributed by atoms with Crippen LogP contribution < -0.4 is 5.73 Å². The molecule has 0 bridgehead atoms. The number of rotatable bonds is 3. The number of nitrogens with zero attached hydrogens (tertiary/aromatic N) is 2. The van der Waals surface area contributed by atoms with E-state index in [9.17, 15) is 5.11 Å². The van der Waals surface area contributed by atoms with Crippen LogP contribution in [0.3, 0.4) is 0 Å². The fourth-order valence-corrected chi connectivity index (χ4v) is 1.99. The zero-order chi connectivity index (χ0) is 9.97. The molecule has 0 aromatic carbocycles. The van der Waals surface area contributed by atoms with Gasteiger partial charge in [0, 0.05) is 12.2 Å². The van der Waals surface area contributed by atoms with E-state index in [1.165, 1.54) is 24.2 Å². The normalized spacial score (nSPS) is 17.9. The van der Waals surface area contributed by atoms with Gasteiger partial charge in [-0.25, -0.2) is 4.98 Å². The summed E-state index contributed by atoms with van der Waals surface area (Å²) in [5.41, 5.74) is 7.88. The Balaban J connectivity index is 2.14. The molecular formula is C10H17N3O. The summed E-state index contributed by atoms with van der Waals surface area (Å²) >= 11 is 0. The van der Waals surface area contributed by atoms with Crippen LogP contribution in [0.4, 0.5) is 0 Å². The quantitative estimate of drug-likeness (QED) is 0.718. The SMILES string of the molecule is NCC(O)Cn1cnc2c1CCCC2. The molecule has 0 spiro atoms. The molecule has 0 fully saturated rings. The summed E-state index contributed by atoms with van der Waals surface area (Å²) in [5, 5.41) is 9.46. The Kier molecular flexibility index (Phi) is 2.84. The number of hydrogen-bond acceptors (Lipinski definition) is 3. The molecular weight excluding hydrogens is 178 g/mol. The third-order valence-electron chi connectivity index (χ3n) is 2.79. The number of aromatic nitrogens is 2. The van der Waals surface area contributed by atoms with Gasteiger partial charge in [-0.2, -0.15) is 0 Å². The lowest BCUT2D eigenvalue weighted by Crippen LogP contribution is -2.26. The highest BCUT2D eigenvalue weighted by molar-refractivity contribution is 5.16. The Bertz CT molecular complexity index is 308. The third-order valence-corrected chi connectivity index (χ3v) is 2.79. The number of imidazole rings is 1. The molecule has 78 valence electrons. The summed E-state index contributed by atoms with van der Waals surface area (Å²) < 4.78 is 2.05. The minimum absolute atomic E-state index is 0.312. The van der Waals surface area contributed by atoms with Crippen LogP contribution in [0.2, 0.25) is 0 Å². The molecule has 0 amide bonds. The van der Waals surface area contributed by atoms with Gasteiger partial charge in [0.05, 0.1) is 24.7 Å². The first-order valence-electron chi connectivity index (χ1n) is 5.22. The van der Waals surface area contributed by atoms with E-state index < -0.39 is 6.10 Å². The Morgan fingerprint density at radius 3 is 3.07 bits per heavy atom. The summed E-state index contributed by atoms with van der Waals surface area (Å²) in [4.78, 5) is 4.36. The number of fused-ring (bicyclic) bond motifs is 1. The van der Waals surface area contributed by atoms with Crippen LogP contribution in [0.5, 0.6) is 0 Å². The van der Waals surface area contributed by atoms with Crippen LogP contribution >= 0.6 is 0 Å². The summed E-state index contributed by atoms with van der Waals surface area (Å²) in [7, 11) is 0. The second-order valence-corrected chi connectivity index (χ2v) is 3.89. The number of nitrogens with two attached hydrogens (primary N) is 1. The molecule has 1 aromatic rings. The van der Waals surface area contributed by atoms with Gasteiger partial charge in [-0.05, 0) is 25.7 Å². The molecule has 2 rings (SSSR count). The van der Waals surface area contributed by atoms with E-state index in [1.807, 2.05) is 10.9 Å². The maximum Gasteiger partial charge on any atom is 0.0952 e. The predicted molar refractivity (Wildman–Crippen MR) is 53.9 cm³/mol. The maximum absolute atomic E-state index is 9.46. The highest BCUT2D eigenvalue weighted by Gasteiger charge is 2.16. The molecule has 14 heavy (non-hydrogen) atoms. The number of aliphatic hydroxyl groups excluding tert-OH is 1. The average molecular weight is 195 g/mol. The van der Waals surface area contributed by atoms with Crippen LogP contribution in [0.1, 0.15) is 24.2 Å². The van der Waals surface area contributed by atoms with Gasteiger partial charge >= 0.3 is 0 Å². The van der Waals surface area contributed by atoms with Gasteiger partial charge in [0.1, 0.15) is 0 Å². The Hall–Kier alpha value is -0.870. The lowest BCUT2D eigenvalue weighted by atomic mass is 10.0. The monoisotopic (exact) mass is 195 g/mol. The number of aliphatic hydroxyl groups is 1. The minimum atomic E-state index is -0.449. The van der Waals surface area contributed by atoms with Gasteiger partial charge < -0.3 is 15.4 Å². The first kappa shape index (κ1) is 9.68. The van der Waals surface area contributed by atoms with Crippen molar-refractivity contribution < 1.29 is 5.11 Å². The fraction of sp³-hybridized carbons (Fsp3) is 0.700. The molecule has 0 saturated carbocycles. The molecule has 3 N–H and O–H groups in total. The van der Waals surface area contributed by atoms with E-state index in [2.05, 4.69) is 4.98 Å². The first-order valence-corrected chi connectivity index (χ1v) is 5.22. The van der Waals surface area contributed by atoms with Crippen molar-refractivity contribution in [2.75, 3.05) is 6.54 Å². The molecule has 1 aliphatic rings. The van der Waals surface area contributed by atoms with E-state index in [4.69, 9.17) is 5.73 Å². The van der Waals surface area contributed by atoms with Gasteiger partial charge in [-0.3, -0.25) is 0 Å². The summed E-state index contributed by atoms with van der Waals surface area (Å²) in [6, 6.07) is 0. The molecule has 1 unspecified atom stereocenters. The zero-order valence-electron chi connectivity index (χ0n) is 8.32. The maximum atomic E-state index is 9.46. The van der Waals surface area contributed by atoms with Crippen LogP contribution in [-0.2, 0) is 19.4 Å². The van der Waals surface area contributed by atoms with Crippen LogP contribution in [0, 0.1) is 0 Å². The van der Waals surface area contributed by atoms with Crippen molar-refractivity contribution in [1.29, 1.82) is 0 Å². The molecule has 1 aliphatic carbocycles. The third kappa shape index (κ3) is 1.81. The largest absolute Gasteiger partial charge is 0.390 e. The molecule has 1 aromatic heterocycles. The van der Waals surface area contributed by atoms with Crippen molar-refractivity contribution in [2.24, 2.45) is 5.73 Å². The fourth-order valence-electron chi connectivity index (χ4n) is 1.99. The van der Waals surface area contributed by atoms with Crippen LogP contribution in [-0.4, -0.2) is 27.3 Å². The highest BCUT2D eigenvalue weighted by Crippen LogP contribution is 2.19. The Morgan fingerprint density at radius 2 is 2.29 bits per heavy atom.